The lowest BCUT2D eigenvalue weighted by Gasteiger charge is -2.54. The van der Waals surface area contributed by atoms with Crippen molar-refractivity contribution in [2.45, 2.75) is 50.7 Å². The lowest BCUT2D eigenvalue weighted by atomic mass is 9.54. The van der Waals surface area contributed by atoms with E-state index >= 15 is 0 Å². The van der Waals surface area contributed by atoms with Gasteiger partial charge in [-0.05, 0) is 40.2 Å². The molecule has 2 bridgehead atoms. The molecule has 3 aliphatic rings. The second kappa shape index (κ2) is 5.66. The molecule has 27 heavy (non-hydrogen) atoms. The van der Waals surface area contributed by atoms with Crippen LogP contribution in [-0.4, -0.2) is 22.8 Å². The Morgan fingerprint density at radius 2 is 1.70 bits per heavy atom. The number of aliphatic hydroxyl groups is 2. The van der Waals surface area contributed by atoms with Crippen molar-refractivity contribution in [3.63, 3.8) is 0 Å². The lowest BCUT2D eigenvalue weighted by Crippen LogP contribution is -2.57. The van der Waals surface area contributed by atoms with Crippen LogP contribution in [0.4, 0.5) is 0 Å². The third-order valence-corrected chi connectivity index (χ3v) is 6.10. The van der Waals surface area contributed by atoms with Gasteiger partial charge in [-0.25, -0.2) is 0 Å². The van der Waals surface area contributed by atoms with Crippen molar-refractivity contribution in [1.82, 2.24) is 0 Å². The van der Waals surface area contributed by atoms with Gasteiger partial charge >= 0.3 is 5.97 Å². The van der Waals surface area contributed by atoms with Crippen molar-refractivity contribution in [3.05, 3.63) is 70.3 Å². The fraction of sp³-hybridized carbons (Fsp3) is 0.435. The van der Waals surface area contributed by atoms with Crippen LogP contribution in [0.2, 0.25) is 0 Å². The summed E-state index contributed by atoms with van der Waals surface area (Å²) in [6.45, 7) is 8.33. The van der Waals surface area contributed by atoms with Gasteiger partial charge in [0, 0.05) is 6.42 Å². The number of fused-ring (bicyclic) bond motifs is 1. The predicted molar refractivity (Wildman–Crippen MR) is 102 cm³/mol. The topological polar surface area (TPSA) is 66.8 Å². The minimum Gasteiger partial charge on any atom is -0.466 e. The quantitative estimate of drug-likeness (QED) is 0.800. The fourth-order valence-corrected chi connectivity index (χ4v) is 4.69. The third kappa shape index (κ3) is 2.33. The van der Waals surface area contributed by atoms with Crippen LogP contribution in [0.3, 0.4) is 0 Å². The van der Waals surface area contributed by atoms with Gasteiger partial charge in [-0.1, -0.05) is 63.2 Å². The molecular weight excluding hydrogens is 340 g/mol. The number of ether oxygens (including phenoxy) is 1. The molecule has 0 heterocycles. The maximum atomic E-state index is 12.7. The van der Waals surface area contributed by atoms with E-state index in [4.69, 9.17) is 4.74 Å². The van der Waals surface area contributed by atoms with Gasteiger partial charge in [0.2, 0.25) is 0 Å². The summed E-state index contributed by atoms with van der Waals surface area (Å²) >= 11 is 0. The summed E-state index contributed by atoms with van der Waals surface area (Å²) in [7, 11) is 0. The van der Waals surface area contributed by atoms with E-state index in [1.165, 1.54) is 0 Å². The zero-order valence-corrected chi connectivity index (χ0v) is 16.2. The maximum absolute atomic E-state index is 12.7. The molecule has 4 nitrogen and oxygen atoms in total. The predicted octanol–water partition coefficient (Wildman–Crippen LogP) is 3.35. The highest BCUT2D eigenvalue weighted by Gasteiger charge is 2.62. The van der Waals surface area contributed by atoms with Crippen LogP contribution in [0.25, 0.3) is 0 Å². The Morgan fingerprint density at radius 3 is 2.33 bits per heavy atom. The number of carbonyl (C=O) groups is 1. The van der Waals surface area contributed by atoms with Gasteiger partial charge in [-0.15, -0.1) is 0 Å². The zero-order valence-electron chi connectivity index (χ0n) is 16.2. The van der Waals surface area contributed by atoms with Gasteiger partial charge in [0.1, 0.15) is 11.2 Å². The number of hydrogen-bond acceptors (Lipinski definition) is 4. The molecule has 2 N–H and O–H groups in total. The van der Waals surface area contributed by atoms with Crippen LogP contribution in [0, 0.1) is 5.92 Å². The minimum atomic E-state index is -1.50. The summed E-state index contributed by atoms with van der Waals surface area (Å²) < 4.78 is 5.24. The van der Waals surface area contributed by atoms with E-state index in [-0.39, 0.29) is 18.4 Å². The molecule has 0 amide bonds. The molecule has 0 radical (unpaired) electrons. The zero-order chi connectivity index (χ0) is 19.6. The molecule has 0 fully saturated rings. The van der Waals surface area contributed by atoms with Crippen molar-refractivity contribution < 1.29 is 19.7 Å². The van der Waals surface area contributed by atoms with Crippen LogP contribution in [0.1, 0.15) is 61.9 Å². The standard InChI is InChI=1S/C23H26O4/c1-5-27-20(24)19-13-22(25)15-8-6-7-9-16(15)23(19,26)17-11-10-14(12-18(17)22)21(2,3)4/h6-12,19,25-26H,5,13H2,1-4H3. The van der Waals surface area contributed by atoms with Crippen molar-refractivity contribution in [2.24, 2.45) is 5.92 Å². The molecule has 3 atom stereocenters. The van der Waals surface area contributed by atoms with E-state index in [2.05, 4.69) is 20.8 Å². The van der Waals surface area contributed by atoms with Gasteiger partial charge < -0.3 is 14.9 Å². The first-order chi connectivity index (χ1) is 12.6. The lowest BCUT2D eigenvalue weighted by molar-refractivity contribution is -0.166. The highest BCUT2D eigenvalue weighted by Crippen LogP contribution is 2.60. The molecule has 142 valence electrons. The van der Waals surface area contributed by atoms with Crippen LogP contribution in [0.5, 0.6) is 0 Å². The molecule has 0 saturated heterocycles. The molecule has 5 rings (SSSR count). The number of carbonyl (C=O) groups excluding carboxylic acids is 1. The Balaban J connectivity index is 2.01. The molecule has 0 aromatic heterocycles. The van der Waals surface area contributed by atoms with Gasteiger partial charge in [-0.3, -0.25) is 4.79 Å². The number of esters is 1. The Hall–Kier alpha value is -2.17. The Bertz CT molecular complexity index is 926. The molecule has 0 spiro atoms. The summed E-state index contributed by atoms with van der Waals surface area (Å²) in [5.74, 6) is -1.32. The van der Waals surface area contributed by atoms with Crippen molar-refractivity contribution in [3.8, 4) is 0 Å². The molecule has 3 unspecified atom stereocenters. The van der Waals surface area contributed by atoms with Gasteiger partial charge in [-0.2, -0.15) is 0 Å². The van der Waals surface area contributed by atoms with E-state index in [0.717, 1.165) is 5.56 Å². The average Bonchev–Trinajstić information content (AvgIpc) is 2.63. The molecule has 0 saturated carbocycles. The summed E-state index contributed by atoms with van der Waals surface area (Å²) in [5.41, 5.74) is 0.715. The Kier molecular flexibility index (Phi) is 3.82. The van der Waals surface area contributed by atoms with Crippen molar-refractivity contribution in [1.29, 1.82) is 0 Å². The first-order valence-corrected chi connectivity index (χ1v) is 9.51. The Morgan fingerprint density at radius 1 is 1.07 bits per heavy atom. The van der Waals surface area contributed by atoms with Gasteiger partial charge in [0.05, 0.1) is 12.5 Å². The Labute approximate surface area is 159 Å². The molecule has 2 aromatic carbocycles. The normalized spacial score (nSPS) is 28.4. The third-order valence-electron chi connectivity index (χ3n) is 6.10. The van der Waals surface area contributed by atoms with Crippen LogP contribution >= 0.6 is 0 Å². The van der Waals surface area contributed by atoms with E-state index in [1.54, 1.807) is 13.0 Å². The summed E-state index contributed by atoms with van der Waals surface area (Å²) in [6.07, 6.45) is 0.111. The summed E-state index contributed by atoms with van der Waals surface area (Å²) in [4.78, 5) is 12.7. The second-order valence-electron chi connectivity index (χ2n) is 8.69. The van der Waals surface area contributed by atoms with E-state index in [9.17, 15) is 15.0 Å². The van der Waals surface area contributed by atoms with Crippen LogP contribution in [-0.2, 0) is 26.1 Å². The summed E-state index contributed by atoms with van der Waals surface area (Å²) in [6, 6.07) is 13.1. The second-order valence-corrected chi connectivity index (χ2v) is 8.69. The van der Waals surface area contributed by atoms with Crippen molar-refractivity contribution >= 4 is 5.97 Å². The number of rotatable bonds is 2. The first kappa shape index (κ1) is 18.2. The fourth-order valence-electron chi connectivity index (χ4n) is 4.69. The molecular formula is C23H26O4. The average molecular weight is 366 g/mol. The SMILES string of the molecule is CCOC(=O)C1CC2(O)c3ccccc3C1(O)c1ccc(C(C)(C)C)cc12. The summed E-state index contributed by atoms with van der Waals surface area (Å²) in [5, 5.41) is 23.7. The van der Waals surface area contributed by atoms with E-state index < -0.39 is 23.1 Å². The molecule has 0 aliphatic heterocycles. The van der Waals surface area contributed by atoms with E-state index in [0.29, 0.717) is 22.3 Å². The van der Waals surface area contributed by atoms with E-state index in [1.807, 2.05) is 36.4 Å². The van der Waals surface area contributed by atoms with Crippen molar-refractivity contribution in [2.75, 3.05) is 6.61 Å². The minimum absolute atomic E-state index is 0.0925. The first-order valence-electron chi connectivity index (χ1n) is 9.51. The van der Waals surface area contributed by atoms with Gasteiger partial charge in [0.15, 0.2) is 0 Å². The maximum Gasteiger partial charge on any atom is 0.312 e. The smallest absolute Gasteiger partial charge is 0.312 e. The monoisotopic (exact) mass is 366 g/mol. The number of hydrogen-bond donors (Lipinski definition) is 2. The molecule has 4 heteroatoms. The van der Waals surface area contributed by atoms with Gasteiger partial charge in [0.25, 0.3) is 0 Å². The van der Waals surface area contributed by atoms with Crippen LogP contribution in [0.15, 0.2) is 42.5 Å². The highest BCUT2D eigenvalue weighted by atomic mass is 16.5. The van der Waals surface area contributed by atoms with Crippen LogP contribution < -0.4 is 0 Å². The largest absolute Gasteiger partial charge is 0.466 e. The number of benzene rings is 2. The molecule has 2 aromatic rings. The highest BCUT2D eigenvalue weighted by molar-refractivity contribution is 5.79. The molecule has 3 aliphatic carbocycles.